The van der Waals surface area contributed by atoms with Gasteiger partial charge in [-0.25, -0.2) is 0 Å². The summed E-state index contributed by atoms with van der Waals surface area (Å²) in [5, 5.41) is 0. The molecular formula is C17H26N2O2. The Labute approximate surface area is 127 Å². The summed E-state index contributed by atoms with van der Waals surface area (Å²) in [6, 6.07) is 4.86. The van der Waals surface area contributed by atoms with Crippen LogP contribution in [-0.2, 0) is 11.2 Å². The number of carbonyl (C=O) groups excluding carboxylic acids is 1. The molecular weight excluding hydrogens is 264 g/mol. The van der Waals surface area contributed by atoms with Gasteiger partial charge in [-0.1, -0.05) is 6.92 Å². The first-order valence-corrected chi connectivity index (χ1v) is 8.35. The van der Waals surface area contributed by atoms with Crippen molar-refractivity contribution in [3.8, 4) is 0 Å². The molecule has 3 rings (SSSR count). The highest BCUT2D eigenvalue weighted by atomic mass is 16.3. The number of hydrogen-bond acceptors (Lipinski definition) is 3. The number of furan rings is 1. The second-order valence-corrected chi connectivity index (χ2v) is 6.21. The molecule has 4 nitrogen and oxygen atoms in total. The van der Waals surface area contributed by atoms with Gasteiger partial charge in [0.05, 0.1) is 6.26 Å². The van der Waals surface area contributed by atoms with E-state index in [9.17, 15) is 4.79 Å². The molecule has 0 saturated carbocycles. The Hall–Kier alpha value is -1.29. The smallest absolute Gasteiger partial charge is 0.223 e. The largest absolute Gasteiger partial charge is 0.469 e. The van der Waals surface area contributed by atoms with Crippen LogP contribution in [0.4, 0.5) is 0 Å². The van der Waals surface area contributed by atoms with Gasteiger partial charge in [0.2, 0.25) is 5.91 Å². The molecule has 1 aromatic heterocycles. The summed E-state index contributed by atoms with van der Waals surface area (Å²) in [7, 11) is 0. The van der Waals surface area contributed by atoms with E-state index in [4.69, 9.17) is 4.42 Å². The molecule has 0 unspecified atom stereocenters. The summed E-state index contributed by atoms with van der Waals surface area (Å²) in [5.74, 6) is 1.21. The number of aryl methyl sites for hydroxylation is 1. The summed E-state index contributed by atoms with van der Waals surface area (Å²) in [6.07, 6.45) is 7.83. The monoisotopic (exact) mass is 290 g/mol. The van der Waals surface area contributed by atoms with Crippen molar-refractivity contribution < 1.29 is 9.21 Å². The quantitative estimate of drug-likeness (QED) is 0.836. The van der Waals surface area contributed by atoms with Gasteiger partial charge in [0.15, 0.2) is 0 Å². The zero-order valence-electron chi connectivity index (χ0n) is 13.0. The van der Waals surface area contributed by atoms with Gasteiger partial charge < -0.3 is 9.32 Å². The minimum atomic E-state index is 0.303. The van der Waals surface area contributed by atoms with Crippen LogP contribution in [0.3, 0.4) is 0 Å². The highest BCUT2D eigenvalue weighted by Gasteiger charge is 2.38. The topological polar surface area (TPSA) is 36.7 Å². The van der Waals surface area contributed by atoms with Crippen molar-refractivity contribution in [1.29, 1.82) is 0 Å². The minimum absolute atomic E-state index is 0.303. The first-order chi connectivity index (χ1) is 10.3. The molecule has 2 aliphatic rings. The van der Waals surface area contributed by atoms with Crippen LogP contribution in [0.5, 0.6) is 0 Å². The van der Waals surface area contributed by atoms with Crippen LogP contribution in [0, 0.1) is 0 Å². The Kier molecular flexibility index (Phi) is 4.63. The lowest BCUT2D eigenvalue weighted by atomic mass is 10.0. The zero-order chi connectivity index (χ0) is 14.7. The molecule has 0 aromatic carbocycles. The number of likely N-dealkylation sites (N-methyl/N-ethyl adjacent to an activating group) is 1. The van der Waals surface area contributed by atoms with Gasteiger partial charge >= 0.3 is 0 Å². The first kappa shape index (κ1) is 14.6. The molecule has 116 valence electrons. The third-order valence-corrected chi connectivity index (χ3v) is 5.05. The highest BCUT2D eigenvalue weighted by molar-refractivity contribution is 5.77. The van der Waals surface area contributed by atoms with Crippen LogP contribution < -0.4 is 0 Å². The second kappa shape index (κ2) is 6.65. The Morgan fingerprint density at radius 3 is 2.86 bits per heavy atom. The molecule has 4 heteroatoms. The Morgan fingerprint density at radius 1 is 1.29 bits per heavy atom. The third kappa shape index (κ3) is 3.15. The summed E-state index contributed by atoms with van der Waals surface area (Å²) >= 11 is 0. The average molecular weight is 290 g/mol. The predicted molar refractivity (Wildman–Crippen MR) is 82.0 cm³/mol. The zero-order valence-corrected chi connectivity index (χ0v) is 13.0. The molecule has 3 heterocycles. The van der Waals surface area contributed by atoms with Crippen molar-refractivity contribution in [3.05, 3.63) is 24.2 Å². The third-order valence-electron chi connectivity index (χ3n) is 5.05. The molecule has 0 spiro atoms. The maximum absolute atomic E-state index is 12.6. The number of rotatable bonds is 5. The fraction of sp³-hybridized carbons (Fsp3) is 0.706. The van der Waals surface area contributed by atoms with Gasteiger partial charge in [0.25, 0.3) is 0 Å². The Bertz CT molecular complexity index is 457. The molecule has 0 N–H and O–H groups in total. The maximum atomic E-state index is 12.6. The van der Waals surface area contributed by atoms with E-state index in [0.29, 0.717) is 24.4 Å². The van der Waals surface area contributed by atoms with Gasteiger partial charge in [0.1, 0.15) is 5.76 Å². The van der Waals surface area contributed by atoms with E-state index in [0.717, 1.165) is 31.7 Å². The van der Waals surface area contributed by atoms with Crippen LogP contribution in [0.15, 0.2) is 22.8 Å². The van der Waals surface area contributed by atoms with E-state index >= 15 is 0 Å². The van der Waals surface area contributed by atoms with Gasteiger partial charge in [-0.05, 0) is 50.9 Å². The van der Waals surface area contributed by atoms with E-state index in [1.807, 2.05) is 12.1 Å². The average Bonchev–Trinajstić information content (AvgIpc) is 3.23. The number of carbonyl (C=O) groups is 1. The molecule has 1 aromatic rings. The molecule has 2 fully saturated rings. The van der Waals surface area contributed by atoms with Crippen LogP contribution in [0.2, 0.25) is 0 Å². The van der Waals surface area contributed by atoms with E-state index < -0.39 is 0 Å². The van der Waals surface area contributed by atoms with Crippen molar-refractivity contribution >= 4 is 5.91 Å². The van der Waals surface area contributed by atoms with Crippen LogP contribution >= 0.6 is 0 Å². The van der Waals surface area contributed by atoms with Crippen LogP contribution in [0.1, 0.15) is 44.8 Å². The van der Waals surface area contributed by atoms with E-state index in [-0.39, 0.29) is 0 Å². The summed E-state index contributed by atoms with van der Waals surface area (Å²) in [5.41, 5.74) is 0. The fourth-order valence-electron chi connectivity index (χ4n) is 4.01. The number of amides is 1. The highest BCUT2D eigenvalue weighted by Crippen LogP contribution is 2.30. The van der Waals surface area contributed by atoms with Gasteiger partial charge in [-0.2, -0.15) is 0 Å². The number of hydrogen-bond donors (Lipinski definition) is 0. The van der Waals surface area contributed by atoms with Crippen molar-refractivity contribution in [2.24, 2.45) is 0 Å². The Morgan fingerprint density at radius 2 is 2.10 bits per heavy atom. The summed E-state index contributed by atoms with van der Waals surface area (Å²) in [4.78, 5) is 17.3. The molecule has 0 radical (unpaired) electrons. The van der Waals surface area contributed by atoms with E-state index in [1.165, 1.54) is 25.8 Å². The molecule has 21 heavy (non-hydrogen) atoms. The molecule has 0 aliphatic carbocycles. The SMILES string of the molecule is CCN1CCC[C@@H]1[C@@H]1CCCN1C(=O)CCc1ccco1. The van der Waals surface area contributed by atoms with Crippen molar-refractivity contribution in [2.75, 3.05) is 19.6 Å². The first-order valence-electron chi connectivity index (χ1n) is 8.35. The molecule has 1 amide bonds. The van der Waals surface area contributed by atoms with Gasteiger partial charge in [-0.3, -0.25) is 9.69 Å². The number of likely N-dealkylation sites (tertiary alicyclic amines) is 2. The standard InChI is InChI=1S/C17H26N2O2/c1-2-18-11-3-7-15(18)16-8-4-12-19(16)17(20)10-9-14-6-5-13-21-14/h5-6,13,15-16H,2-4,7-12H2,1H3/t15-,16+/m1/s1. The lowest BCUT2D eigenvalue weighted by Gasteiger charge is -2.34. The predicted octanol–water partition coefficient (Wildman–Crippen LogP) is 2.69. The Balaban J connectivity index is 1.59. The summed E-state index contributed by atoms with van der Waals surface area (Å²) in [6.45, 7) is 5.48. The normalized spacial score (nSPS) is 26.6. The molecule has 2 aliphatic heterocycles. The lowest BCUT2D eigenvalue weighted by molar-refractivity contribution is -0.133. The van der Waals surface area contributed by atoms with Crippen LogP contribution in [0.25, 0.3) is 0 Å². The molecule has 2 saturated heterocycles. The van der Waals surface area contributed by atoms with E-state index in [1.54, 1.807) is 6.26 Å². The minimum Gasteiger partial charge on any atom is -0.469 e. The molecule has 0 bridgehead atoms. The van der Waals surface area contributed by atoms with Gasteiger partial charge in [0, 0.05) is 31.5 Å². The summed E-state index contributed by atoms with van der Waals surface area (Å²) < 4.78 is 5.33. The van der Waals surface area contributed by atoms with Crippen LogP contribution in [-0.4, -0.2) is 47.4 Å². The number of nitrogens with zero attached hydrogens (tertiary/aromatic N) is 2. The van der Waals surface area contributed by atoms with Crippen molar-refractivity contribution in [2.45, 2.75) is 57.5 Å². The molecule has 2 atom stereocenters. The van der Waals surface area contributed by atoms with Crippen molar-refractivity contribution in [3.63, 3.8) is 0 Å². The van der Waals surface area contributed by atoms with E-state index in [2.05, 4.69) is 16.7 Å². The van der Waals surface area contributed by atoms with Gasteiger partial charge in [-0.15, -0.1) is 0 Å². The lowest BCUT2D eigenvalue weighted by Crippen LogP contribution is -2.48. The second-order valence-electron chi connectivity index (χ2n) is 6.21. The fourth-order valence-corrected chi connectivity index (χ4v) is 4.01. The van der Waals surface area contributed by atoms with Crippen molar-refractivity contribution in [1.82, 2.24) is 9.80 Å². The maximum Gasteiger partial charge on any atom is 0.223 e.